The summed E-state index contributed by atoms with van der Waals surface area (Å²) < 4.78 is 18.0. The molecule has 1 atom stereocenters. The Balaban J connectivity index is 1.82. The quantitative estimate of drug-likeness (QED) is 0.759. The van der Waals surface area contributed by atoms with Crippen LogP contribution >= 0.6 is 0 Å². The molecule has 2 aromatic rings. The second-order valence-electron chi connectivity index (χ2n) is 5.60. The number of rotatable bonds is 8. The van der Waals surface area contributed by atoms with Gasteiger partial charge in [-0.15, -0.1) is 0 Å². The standard InChI is InChI=1S/C17H21FN4O3/c1-3-10-19-17(24)11(2)20-14(23)8-9-15-21-16(22-25-15)12-4-6-13(18)7-5-12/h4-7,11H,3,8-10H2,1-2H3,(H,19,24)(H,20,23)/t11-/m0/s1. The minimum absolute atomic E-state index is 0.121. The molecule has 0 radical (unpaired) electrons. The van der Waals surface area contributed by atoms with Gasteiger partial charge in [0, 0.05) is 24.9 Å². The normalized spacial score (nSPS) is 11.8. The average Bonchev–Trinajstić information content (AvgIpc) is 3.07. The Morgan fingerprint density at radius 3 is 2.68 bits per heavy atom. The van der Waals surface area contributed by atoms with Gasteiger partial charge in [0.15, 0.2) is 0 Å². The number of nitrogens with one attached hydrogen (secondary N) is 2. The first kappa shape index (κ1) is 18.6. The van der Waals surface area contributed by atoms with Crippen molar-refractivity contribution in [3.05, 3.63) is 36.0 Å². The molecule has 1 aromatic carbocycles. The third kappa shape index (κ3) is 5.66. The SMILES string of the molecule is CCCNC(=O)[C@H](C)NC(=O)CCc1nc(-c2ccc(F)cc2)no1. The van der Waals surface area contributed by atoms with Gasteiger partial charge in [0.1, 0.15) is 11.9 Å². The van der Waals surface area contributed by atoms with Crippen LogP contribution in [0.2, 0.25) is 0 Å². The molecule has 0 saturated heterocycles. The Morgan fingerprint density at radius 1 is 1.28 bits per heavy atom. The summed E-state index contributed by atoms with van der Waals surface area (Å²) in [7, 11) is 0. The first-order valence-corrected chi connectivity index (χ1v) is 8.15. The minimum atomic E-state index is -0.600. The first-order valence-electron chi connectivity index (χ1n) is 8.15. The zero-order chi connectivity index (χ0) is 18.2. The topological polar surface area (TPSA) is 97.1 Å². The highest BCUT2D eigenvalue weighted by Gasteiger charge is 2.16. The molecule has 0 unspecified atom stereocenters. The smallest absolute Gasteiger partial charge is 0.242 e. The molecule has 0 fully saturated rings. The molecular weight excluding hydrogens is 327 g/mol. The molecule has 2 amide bonds. The Labute approximate surface area is 145 Å². The van der Waals surface area contributed by atoms with Crippen LogP contribution in [0.5, 0.6) is 0 Å². The zero-order valence-electron chi connectivity index (χ0n) is 14.2. The van der Waals surface area contributed by atoms with Gasteiger partial charge in [-0.2, -0.15) is 4.98 Å². The summed E-state index contributed by atoms with van der Waals surface area (Å²) in [5.41, 5.74) is 0.627. The Hall–Kier alpha value is -2.77. The van der Waals surface area contributed by atoms with Crippen molar-refractivity contribution >= 4 is 11.8 Å². The number of aryl methyl sites for hydroxylation is 1. The number of benzene rings is 1. The Morgan fingerprint density at radius 2 is 2.00 bits per heavy atom. The van der Waals surface area contributed by atoms with Crippen LogP contribution in [0.3, 0.4) is 0 Å². The van der Waals surface area contributed by atoms with E-state index in [9.17, 15) is 14.0 Å². The van der Waals surface area contributed by atoms with Crippen molar-refractivity contribution < 1.29 is 18.5 Å². The molecule has 1 aromatic heterocycles. The summed E-state index contributed by atoms with van der Waals surface area (Å²) in [5.74, 6) is -0.200. The third-order valence-corrected chi connectivity index (χ3v) is 3.46. The number of halogens is 1. The predicted molar refractivity (Wildman–Crippen MR) is 88.9 cm³/mol. The van der Waals surface area contributed by atoms with E-state index in [4.69, 9.17) is 4.52 Å². The van der Waals surface area contributed by atoms with Crippen LogP contribution in [0.15, 0.2) is 28.8 Å². The van der Waals surface area contributed by atoms with Gasteiger partial charge in [-0.3, -0.25) is 9.59 Å². The average molecular weight is 348 g/mol. The van der Waals surface area contributed by atoms with Gasteiger partial charge < -0.3 is 15.2 Å². The monoisotopic (exact) mass is 348 g/mol. The zero-order valence-corrected chi connectivity index (χ0v) is 14.2. The summed E-state index contributed by atoms with van der Waals surface area (Å²) in [4.78, 5) is 27.8. The van der Waals surface area contributed by atoms with Crippen LogP contribution in [-0.4, -0.2) is 34.5 Å². The van der Waals surface area contributed by atoms with Crippen LogP contribution in [0.1, 0.15) is 32.6 Å². The van der Waals surface area contributed by atoms with E-state index >= 15 is 0 Å². The number of carbonyl (C=O) groups is 2. The molecule has 1 heterocycles. The predicted octanol–water partition coefficient (Wildman–Crippen LogP) is 1.84. The lowest BCUT2D eigenvalue weighted by atomic mass is 10.2. The number of nitrogens with zero attached hydrogens (tertiary/aromatic N) is 2. The summed E-state index contributed by atoms with van der Waals surface area (Å²) in [6.07, 6.45) is 1.21. The first-order chi connectivity index (χ1) is 12.0. The Bertz CT molecular complexity index is 715. The second kappa shape index (κ2) is 8.91. The highest BCUT2D eigenvalue weighted by molar-refractivity contribution is 5.87. The van der Waals surface area contributed by atoms with E-state index in [1.165, 1.54) is 12.1 Å². The molecule has 2 N–H and O–H groups in total. The van der Waals surface area contributed by atoms with Gasteiger partial charge in [0.05, 0.1) is 0 Å². The van der Waals surface area contributed by atoms with Gasteiger partial charge >= 0.3 is 0 Å². The van der Waals surface area contributed by atoms with Crippen molar-refractivity contribution in [1.29, 1.82) is 0 Å². The van der Waals surface area contributed by atoms with Gasteiger partial charge in [-0.1, -0.05) is 12.1 Å². The van der Waals surface area contributed by atoms with Gasteiger partial charge in [0.2, 0.25) is 23.5 Å². The van der Waals surface area contributed by atoms with E-state index in [1.54, 1.807) is 19.1 Å². The van der Waals surface area contributed by atoms with Gasteiger partial charge in [-0.05, 0) is 37.6 Å². The van der Waals surface area contributed by atoms with Gasteiger partial charge in [0.25, 0.3) is 0 Å². The largest absolute Gasteiger partial charge is 0.354 e. The minimum Gasteiger partial charge on any atom is -0.354 e. The van der Waals surface area contributed by atoms with E-state index < -0.39 is 6.04 Å². The van der Waals surface area contributed by atoms with Crippen LogP contribution in [0.25, 0.3) is 11.4 Å². The number of carbonyl (C=O) groups excluding carboxylic acids is 2. The highest BCUT2D eigenvalue weighted by Crippen LogP contribution is 2.16. The van der Waals surface area contributed by atoms with E-state index in [2.05, 4.69) is 20.8 Å². The fourth-order valence-electron chi connectivity index (χ4n) is 2.07. The van der Waals surface area contributed by atoms with Crippen molar-refractivity contribution in [3.63, 3.8) is 0 Å². The molecule has 25 heavy (non-hydrogen) atoms. The van der Waals surface area contributed by atoms with Crippen molar-refractivity contribution in [2.45, 2.75) is 39.2 Å². The fraction of sp³-hybridized carbons (Fsp3) is 0.412. The molecule has 0 aliphatic heterocycles. The second-order valence-corrected chi connectivity index (χ2v) is 5.60. The summed E-state index contributed by atoms with van der Waals surface area (Å²) in [6.45, 7) is 4.16. The lowest BCUT2D eigenvalue weighted by Gasteiger charge is -2.13. The number of amides is 2. The van der Waals surface area contributed by atoms with Crippen molar-refractivity contribution in [1.82, 2.24) is 20.8 Å². The Kier molecular flexibility index (Phi) is 6.62. The molecule has 134 valence electrons. The third-order valence-electron chi connectivity index (χ3n) is 3.46. The lowest BCUT2D eigenvalue weighted by molar-refractivity contribution is -0.128. The van der Waals surface area contributed by atoms with E-state index in [0.29, 0.717) is 23.8 Å². The lowest BCUT2D eigenvalue weighted by Crippen LogP contribution is -2.45. The van der Waals surface area contributed by atoms with Crippen molar-refractivity contribution in [2.24, 2.45) is 0 Å². The fourth-order valence-corrected chi connectivity index (χ4v) is 2.07. The van der Waals surface area contributed by atoms with E-state index in [1.807, 2.05) is 6.92 Å². The molecule has 0 aliphatic carbocycles. The van der Waals surface area contributed by atoms with Crippen molar-refractivity contribution in [3.8, 4) is 11.4 Å². The van der Waals surface area contributed by atoms with Crippen LogP contribution in [-0.2, 0) is 16.0 Å². The number of aromatic nitrogens is 2. The molecule has 0 bridgehead atoms. The van der Waals surface area contributed by atoms with E-state index in [-0.39, 0.29) is 30.5 Å². The molecule has 2 rings (SSSR count). The molecule has 0 spiro atoms. The van der Waals surface area contributed by atoms with Gasteiger partial charge in [-0.25, -0.2) is 4.39 Å². The summed E-state index contributed by atoms with van der Waals surface area (Å²) >= 11 is 0. The van der Waals surface area contributed by atoms with E-state index in [0.717, 1.165) is 6.42 Å². The highest BCUT2D eigenvalue weighted by atomic mass is 19.1. The number of hydrogen-bond donors (Lipinski definition) is 2. The summed E-state index contributed by atoms with van der Waals surface area (Å²) in [5, 5.41) is 9.15. The molecule has 7 nitrogen and oxygen atoms in total. The molecule has 0 saturated carbocycles. The number of hydrogen-bond acceptors (Lipinski definition) is 5. The van der Waals surface area contributed by atoms with Crippen molar-refractivity contribution in [2.75, 3.05) is 6.54 Å². The molecule has 0 aliphatic rings. The van der Waals surface area contributed by atoms with Crippen LogP contribution in [0.4, 0.5) is 4.39 Å². The van der Waals surface area contributed by atoms with Crippen LogP contribution < -0.4 is 10.6 Å². The maximum absolute atomic E-state index is 12.9. The maximum atomic E-state index is 12.9. The molecule has 8 heteroatoms. The summed E-state index contributed by atoms with van der Waals surface area (Å²) in [6, 6.07) is 5.12. The van der Waals surface area contributed by atoms with Crippen LogP contribution in [0, 0.1) is 5.82 Å². The maximum Gasteiger partial charge on any atom is 0.242 e. The molecular formula is C17H21FN4O3.